The standard InChI is InChI=1S/C22H26N2O4/c1-23-21(26)15-28-20-10-8-16(9-11-20)17-5-4-6-18(13-17)22(27)24-12-3-2-7-19(24)14-25/h4-6,8-11,13,19,25H,2-3,7,12,14-15H2,1H3,(H,23,26)/t19-/m1/s1. The zero-order chi connectivity index (χ0) is 19.9. The monoisotopic (exact) mass is 382 g/mol. The minimum atomic E-state index is -0.186. The molecule has 1 aliphatic heterocycles. The van der Waals surface area contributed by atoms with Crippen molar-refractivity contribution in [1.29, 1.82) is 0 Å². The van der Waals surface area contributed by atoms with Crippen molar-refractivity contribution in [2.45, 2.75) is 25.3 Å². The summed E-state index contributed by atoms with van der Waals surface area (Å²) in [7, 11) is 1.57. The number of carbonyl (C=O) groups excluding carboxylic acids is 2. The van der Waals surface area contributed by atoms with Crippen LogP contribution in [0.3, 0.4) is 0 Å². The van der Waals surface area contributed by atoms with Crippen molar-refractivity contribution in [3.05, 3.63) is 54.1 Å². The van der Waals surface area contributed by atoms with Crippen molar-refractivity contribution < 1.29 is 19.4 Å². The molecule has 1 aliphatic rings. The van der Waals surface area contributed by atoms with E-state index in [9.17, 15) is 14.7 Å². The van der Waals surface area contributed by atoms with Gasteiger partial charge in [-0.05, 0) is 54.7 Å². The largest absolute Gasteiger partial charge is 0.484 e. The number of nitrogens with one attached hydrogen (secondary N) is 1. The van der Waals surface area contributed by atoms with Gasteiger partial charge in [0.15, 0.2) is 6.61 Å². The number of aliphatic hydroxyl groups excluding tert-OH is 1. The van der Waals surface area contributed by atoms with Gasteiger partial charge in [-0.2, -0.15) is 0 Å². The van der Waals surface area contributed by atoms with Crippen LogP contribution in [0.15, 0.2) is 48.5 Å². The summed E-state index contributed by atoms with van der Waals surface area (Å²) >= 11 is 0. The van der Waals surface area contributed by atoms with E-state index in [-0.39, 0.29) is 31.1 Å². The van der Waals surface area contributed by atoms with E-state index in [4.69, 9.17) is 4.74 Å². The van der Waals surface area contributed by atoms with Crippen molar-refractivity contribution in [2.24, 2.45) is 0 Å². The van der Waals surface area contributed by atoms with Crippen molar-refractivity contribution in [1.82, 2.24) is 10.2 Å². The predicted molar refractivity (Wildman–Crippen MR) is 107 cm³/mol. The highest BCUT2D eigenvalue weighted by atomic mass is 16.5. The van der Waals surface area contributed by atoms with Crippen LogP contribution in [0.4, 0.5) is 0 Å². The second-order valence-corrected chi connectivity index (χ2v) is 6.90. The Kier molecular flexibility index (Phi) is 6.66. The van der Waals surface area contributed by atoms with Crippen molar-refractivity contribution >= 4 is 11.8 Å². The molecule has 6 heteroatoms. The number of rotatable bonds is 6. The molecule has 148 valence electrons. The number of carbonyl (C=O) groups is 2. The van der Waals surface area contributed by atoms with E-state index in [1.54, 1.807) is 24.1 Å². The molecule has 28 heavy (non-hydrogen) atoms. The number of amides is 2. The fourth-order valence-corrected chi connectivity index (χ4v) is 3.42. The van der Waals surface area contributed by atoms with E-state index in [1.807, 2.05) is 36.4 Å². The van der Waals surface area contributed by atoms with Crippen molar-refractivity contribution in [3.8, 4) is 16.9 Å². The third-order valence-electron chi connectivity index (χ3n) is 5.04. The Morgan fingerprint density at radius 2 is 1.93 bits per heavy atom. The zero-order valence-electron chi connectivity index (χ0n) is 16.1. The van der Waals surface area contributed by atoms with Crippen LogP contribution in [-0.4, -0.2) is 54.7 Å². The van der Waals surface area contributed by atoms with Crippen molar-refractivity contribution in [3.63, 3.8) is 0 Å². The van der Waals surface area contributed by atoms with Gasteiger partial charge in [-0.1, -0.05) is 24.3 Å². The van der Waals surface area contributed by atoms with Crippen LogP contribution in [-0.2, 0) is 4.79 Å². The molecule has 0 bridgehead atoms. The zero-order valence-corrected chi connectivity index (χ0v) is 16.1. The molecule has 1 heterocycles. The van der Waals surface area contributed by atoms with Crippen LogP contribution in [0.2, 0.25) is 0 Å². The summed E-state index contributed by atoms with van der Waals surface area (Å²) in [6.45, 7) is 0.663. The molecule has 2 N–H and O–H groups in total. The molecular weight excluding hydrogens is 356 g/mol. The van der Waals surface area contributed by atoms with Crippen LogP contribution >= 0.6 is 0 Å². The molecule has 3 rings (SSSR count). The Bertz CT molecular complexity index is 820. The normalized spacial score (nSPS) is 16.5. The fraction of sp³-hybridized carbons (Fsp3) is 0.364. The number of likely N-dealkylation sites (N-methyl/N-ethyl adjacent to an activating group) is 1. The summed E-state index contributed by atoms with van der Waals surface area (Å²) in [6.07, 6.45) is 2.86. The minimum absolute atomic E-state index is 0.00292. The Hall–Kier alpha value is -2.86. The van der Waals surface area contributed by atoms with Gasteiger partial charge in [0.2, 0.25) is 0 Å². The molecule has 0 unspecified atom stereocenters. The molecule has 1 atom stereocenters. The average molecular weight is 382 g/mol. The lowest BCUT2D eigenvalue weighted by Crippen LogP contribution is -2.45. The number of ether oxygens (including phenoxy) is 1. The highest BCUT2D eigenvalue weighted by Crippen LogP contribution is 2.25. The molecule has 2 aromatic rings. The summed E-state index contributed by atoms with van der Waals surface area (Å²) in [6, 6.07) is 14.8. The molecule has 6 nitrogen and oxygen atoms in total. The van der Waals surface area contributed by atoms with Gasteiger partial charge in [-0.15, -0.1) is 0 Å². The smallest absolute Gasteiger partial charge is 0.257 e. The Balaban J connectivity index is 1.74. The first-order valence-corrected chi connectivity index (χ1v) is 9.58. The van der Waals surface area contributed by atoms with Crippen LogP contribution < -0.4 is 10.1 Å². The van der Waals surface area contributed by atoms with Crippen LogP contribution in [0.25, 0.3) is 11.1 Å². The van der Waals surface area contributed by atoms with Crippen LogP contribution in [0.1, 0.15) is 29.6 Å². The number of benzene rings is 2. The topological polar surface area (TPSA) is 78.9 Å². The summed E-state index contributed by atoms with van der Waals surface area (Å²) in [5.74, 6) is 0.388. The van der Waals surface area contributed by atoms with Crippen molar-refractivity contribution in [2.75, 3.05) is 26.8 Å². The molecule has 0 saturated carbocycles. The average Bonchev–Trinajstić information content (AvgIpc) is 2.77. The maximum absolute atomic E-state index is 12.9. The minimum Gasteiger partial charge on any atom is -0.484 e. The second kappa shape index (κ2) is 9.37. The lowest BCUT2D eigenvalue weighted by molar-refractivity contribution is -0.122. The Morgan fingerprint density at radius 3 is 2.64 bits per heavy atom. The number of hydrogen-bond donors (Lipinski definition) is 2. The van der Waals surface area contributed by atoms with Crippen LogP contribution in [0, 0.1) is 0 Å². The maximum atomic E-state index is 12.9. The number of piperidine rings is 1. The van der Waals surface area contributed by atoms with E-state index in [2.05, 4.69) is 5.32 Å². The van der Waals surface area contributed by atoms with E-state index < -0.39 is 0 Å². The quantitative estimate of drug-likeness (QED) is 0.804. The highest BCUT2D eigenvalue weighted by Gasteiger charge is 2.26. The lowest BCUT2D eigenvalue weighted by atomic mass is 9.99. The van der Waals surface area contributed by atoms with Crippen LogP contribution in [0.5, 0.6) is 5.75 Å². The highest BCUT2D eigenvalue weighted by molar-refractivity contribution is 5.95. The number of hydrogen-bond acceptors (Lipinski definition) is 4. The molecular formula is C22H26N2O4. The maximum Gasteiger partial charge on any atom is 0.257 e. The molecule has 0 spiro atoms. The molecule has 2 aromatic carbocycles. The third kappa shape index (κ3) is 4.70. The number of nitrogens with zero attached hydrogens (tertiary/aromatic N) is 1. The lowest BCUT2D eigenvalue weighted by Gasteiger charge is -2.34. The van der Waals surface area contributed by atoms with Gasteiger partial charge < -0.3 is 20.1 Å². The van der Waals surface area contributed by atoms with E-state index in [0.29, 0.717) is 17.9 Å². The number of likely N-dealkylation sites (tertiary alicyclic amines) is 1. The molecule has 0 aliphatic carbocycles. The first-order chi connectivity index (χ1) is 13.6. The molecule has 0 aromatic heterocycles. The molecule has 2 amide bonds. The predicted octanol–water partition coefficient (Wildman–Crippen LogP) is 2.47. The van der Waals surface area contributed by atoms with Gasteiger partial charge in [-0.25, -0.2) is 0 Å². The number of aliphatic hydroxyl groups is 1. The molecule has 0 radical (unpaired) electrons. The first kappa shape index (κ1) is 19.9. The summed E-state index contributed by atoms with van der Waals surface area (Å²) in [5.41, 5.74) is 2.51. The van der Waals surface area contributed by atoms with E-state index in [1.165, 1.54) is 0 Å². The Labute approximate surface area is 165 Å². The molecule has 1 fully saturated rings. The van der Waals surface area contributed by atoms with E-state index in [0.717, 1.165) is 30.4 Å². The van der Waals surface area contributed by atoms with Gasteiger partial charge in [0.05, 0.1) is 12.6 Å². The van der Waals surface area contributed by atoms with Gasteiger partial charge in [0.25, 0.3) is 11.8 Å². The van der Waals surface area contributed by atoms with Gasteiger partial charge in [-0.3, -0.25) is 9.59 Å². The second-order valence-electron chi connectivity index (χ2n) is 6.90. The fourth-order valence-electron chi connectivity index (χ4n) is 3.42. The summed E-state index contributed by atoms with van der Waals surface area (Å²) in [5, 5.41) is 12.1. The van der Waals surface area contributed by atoms with Gasteiger partial charge in [0, 0.05) is 19.2 Å². The molecule has 1 saturated heterocycles. The summed E-state index contributed by atoms with van der Waals surface area (Å²) in [4.78, 5) is 26.0. The Morgan fingerprint density at radius 1 is 1.14 bits per heavy atom. The first-order valence-electron chi connectivity index (χ1n) is 9.58. The van der Waals surface area contributed by atoms with Gasteiger partial charge >= 0.3 is 0 Å². The van der Waals surface area contributed by atoms with Gasteiger partial charge in [0.1, 0.15) is 5.75 Å². The third-order valence-corrected chi connectivity index (χ3v) is 5.04. The summed E-state index contributed by atoms with van der Waals surface area (Å²) < 4.78 is 5.42. The van der Waals surface area contributed by atoms with E-state index >= 15 is 0 Å². The SMILES string of the molecule is CNC(=O)COc1ccc(-c2cccc(C(=O)N3CCCC[C@@H]3CO)c2)cc1.